The van der Waals surface area contributed by atoms with E-state index in [4.69, 9.17) is 4.74 Å². The molecule has 188 valence electrons. The number of aromatic nitrogens is 1. The normalized spacial score (nSPS) is 14.5. The second kappa shape index (κ2) is 10.6. The van der Waals surface area contributed by atoms with E-state index in [1.165, 1.54) is 27.6 Å². The van der Waals surface area contributed by atoms with Crippen molar-refractivity contribution in [1.82, 2.24) is 4.90 Å². The van der Waals surface area contributed by atoms with Gasteiger partial charge in [0.05, 0.1) is 11.1 Å². The number of nitrogens with zero attached hydrogens (tertiary/aromatic N) is 3. The molecule has 0 N–H and O–H groups in total. The van der Waals surface area contributed by atoms with Crippen molar-refractivity contribution < 1.29 is 9.30 Å². The summed E-state index contributed by atoms with van der Waals surface area (Å²) in [7, 11) is 4.16. The molecule has 0 saturated heterocycles. The second-order valence-corrected chi connectivity index (χ2v) is 9.77. The number of hydrogen-bond donors (Lipinski definition) is 0. The molecule has 0 amide bonds. The Kier molecular flexibility index (Phi) is 7.11. The summed E-state index contributed by atoms with van der Waals surface area (Å²) in [6.07, 6.45) is 6.57. The van der Waals surface area contributed by atoms with E-state index in [0.717, 1.165) is 48.1 Å². The minimum Gasteiger partial charge on any atom is -0.439 e. The van der Waals surface area contributed by atoms with E-state index in [9.17, 15) is 0 Å². The molecule has 3 aromatic carbocycles. The Morgan fingerprint density at radius 1 is 0.973 bits per heavy atom. The molecule has 0 fully saturated rings. The van der Waals surface area contributed by atoms with Crippen molar-refractivity contribution in [2.24, 2.45) is 7.05 Å². The van der Waals surface area contributed by atoms with Crippen LogP contribution in [0.3, 0.4) is 0 Å². The Morgan fingerprint density at radius 2 is 1.73 bits per heavy atom. The van der Waals surface area contributed by atoms with Gasteiger partial charge in [0.2, 0.25) is 11.4 Å². The van der Waals surface area contributed by atoms with Gasteiger partial charge in [0.25, 0.3) is 0 Å². The van der Waals surface area contributed by atoms with Crippen LogP contribution in [0.1, 0.15) is 36.1 Å². The third-order valence-corrected chi connectivity index (χ3v) is 7.27. The number of allylic oxidation sites excluding steroid dienone is 2. The first-order valence-corrected chi connectivity index (χ1v) is 13.1. The monoisotopic (exact) mass is 490 g/mol. The van der Waals surface area contributed by atoms with Crippen molar-refractivity contribution >= 4 is 28.2 Å². The van der Waals surface area contributed by atoms with Gasteiger partial charge < -0.3 is 9.64 Å². The lowest BCUT2D eigenvalue weighted by molar-refractivity contribution is -0.644. The highest BCUT2D eigenvalue weighted by Crippen LogP contribution is 2.39. The molecule has 0 unspecified atom stereocenters. The quantitative estimate of drug-likeness (QED) is 0.268. The molecular weight excluding hydrogens is 454 g/mol. The van der Waals surface area contributed by atoms with E-state index < -0.39 is 0 Å². The van der Waals surface area contributed by atoms with E-state index in [1.54, 1.807) is 0 Å². The van der Waals surface area contributed by atoms with Gasteiger partial charge in [0.15, 0.2) is 11.9 Å². The molecule has 2 heterocycles. The molecule has 4 aromatic rings. The molecule has 1 aromatic heterocycles. The van der Waals surface area contributed by atoms with Crippen LogP contribution in [0.15, 0.2) is 91.0 Å². The molecule has 0 bridgehead atoms. The molecule has 0 saturated carbocycles. The van der Waals surface area contributed by atoms with Crippen molar-refractivity contribution in [3.05, 3.63) is 113 Å². The molecule has 37 heavy (non-hydrogen) atoms. The zero-order chi connectivity index (χ0) is 25.9. The van der Waals surface area contributed by atoms with Gasteiger partial charge in [-0.1, -0.05) is 56.3 Å². The summed E-state index contributed by atoms with van der Waals surface area (Å²) in [5, 5.41) is 1.22. The first-order chi connectivity index (χ1) is 18.0. The number of benzene rings is 3. The van der Waals surface area contributed by atoms with Crippen LogP contribution in [0, 0.1) is 6.92 Å². The highest BCUT2D eigenvalue weighted by Gasteiger charge is 2.23. The third kappa shape index (κ3) is 5.16. The minimum atomic E-state index is 0.824. The van der Waals surface area contributed by atoms with Gasteiger partial charge in [-0.05, 0) is 72.1 Å². The van der Waals surface area contributed by atoms with Crippen LogP contribution in [0.2, 0.25) is 0 Å². The molecule has 1 aliphatic rings. The SMILES string of the molecule is CCN(CC)Cc1ccc(C(=Cc2cc[n+](C)c3ccccc23)C=C2Oc3ccc(C)cc3N2C)cc1. The lowest BCUT2D eigenvalue weighted by Crippen LogP contribution is -2.28. The Morgan fingerprint density at radius 3 is 2.49 bits per heavy atom. The van der Waals surface area contributed by atoms with E-state index in [0.29, 0.717) is 0 Å². The Balaban J connectivity index is 1.59. The fourth-order valence-electron chi connectivity index (χ4n) is 4.93. The molecular formula is C33H36N3O+. The minimum absolute atomic E-state index is 0.824. The molecule has 4 heteroatoms. The lowest BCUT2D eigenvalue weighted by Gasteiger charge is -2.18. The molecule has 0 radical (unpaired) electrons. The van der Waals surface area contributed by atoms with Gasteiger partial charge in [-0.2, -0.15) is 0 Å². The number of para-hydroxylation sites is 1. The zero-order valence-corrected chi connectivity index (χ0v) is 22.5. The van der Waals surface area contributed by atoms with Crippen LogP contribution in [0.4, 0.5) is 5.69 Å². The van der Waals surface area contributed by atoms with Gasteiger partial charge >= 0.3 is 0 Å². The summed E-state index contributed by atoms with van der Waals surface area (Å²) in [6.45, 7) is 9.62. The topological polar surface area (TPSA) is 19.6 Å². The fourth-order valence-corrected chi connectivity index (χ4v) is 4.93. The number of hydrogen-bond acceptors (Lipinski definition) is 3. The molecule has 4 nitrogen and oxygen atoms in total. The second-order valence-electron chi connectivity index (χ2n) is 9.77. The van der Waals surface area contributed by atoms with Crippen LogP contribution in [0.5, 0.6) is 5.75 Å². The predicted octanol–water partition coefficient (Wildman–Crippen LogP) is 6.73. The molecule has 0 atom stereocenters. The first kappa shape index (κ1) is 24.8. The molecule has 1 aliphatic heterocycles. The van der Waals surface area contributed by atoms with E-state index in [2.05, 4.69) is 140 Å². The van der Waals surface area contributed by atoms with Gasteiger partial charge in [-0.3, -0.25) is 4.90 Å². The lowest BCUT2D eigenvalue weighted by atomic mass is 9.99. The van der Waals surface area contributed by atoms with Crippen molar-refractivity contribution in [2.75, 3.05) is 25.0 Å². The Labute approximate surface area is 220 Å². The standard InChI is InChI=1S/C33H36N3O/c1-6-36(7-2)23-25-13-15-26(16-14-25)28(21-27-18-19-34(4)30-11-9-8-10-29(27)30)22-33-35(5)31-20-24(3)12-17-32(31)37-33/h8-22H,6-7,23H2,1-5H3/q+1. The number of ether oxygens (including phenoxy) is 1. The summed E-state index contributed by atoms with van der Waals surface area (Å²) in [6, 6.07) is 26.0. The smallest absolute Gasteiger partial charge is 0.212 e. The first-order valence-electron chi connectivity index (χ1n) is 13.1. The van der Waals surface area contributed by atoms with Crippen LogP contribution in [0.25, 0.3) is 22.6 Å². The maximum atomic E-state index is 6.31. The summed E-state index contributed by atoms with van der Waals surface area (Å²) in [4.78, 5) is 4.57. The van der Waals surface area contributed by atoms with Crippen molar-refractivity contribution in [2.45, 2.75) is 27.3 Å². The van der Waals surface area contributed by atoms with E-state index in [1.807, 2.05) is 0 Å². The number of pyridine rings is 1. The summed E-state index contributed by atoms with van der Waals surface area (Å²) in [5.41, 5.74) is 8.30. The number of aryl methyl sites for hydroxylation is 2. The average Bonchev–Trinajstić information content (AvgIpc) is 3.23. The van der Waals surface area contributed by atoms with Gasteiger partial charge in [0, 0.05) is 31.8 Å². The number of fused-ring (bicyclic) bond motifs is 2. The summed E-state index contributed by atoms with van der Waals surface area (Å²) in [5.74, 6) is 1.72. The van der Waals surface area contributed by atoms with Crippen molar-refractivity contribution in [3.63, 3.8) is 0 Å². The van der Waals surface area contributed by atoms with E-state index in [-0.39, 0.29) is 0 Å². The Bertz CT molecular complexity index is 1480. The number of anilines is 1. The highest BCUT2D eigenvalue weighted by atomic mass is 16.5. The highest BCUT2D eigenvalue weighted by molar-refractivity contribution is 5.95. The van der Waals surface area contributed by atoms with E-state index >= 15 is 0 Å². The van der Waals surface area contributed by atoms with Gasteiger partial charge in [-0.25, -0.2) is 4.57 Å². The average molecular weight is 491 g/mol. The van der Waals surface area contributed by atoms with Crippen LogP contribution in [-0.2, 0) is 13.6 Å². The maximum absolute atomic E-state index is 6.31. The van der Waals surface area contributed by atoms with Gasteiger partial charge in [0.1, 0.15) is 7.05 Å². The fraction of sp³-hybridized carbons (Fsp3) is 0.242. The van der Waals surface area contributed by atoms with Crippen LogP contribution in [-0.4, -0.2) is 25.0 Å². The van der Waals surface area contributed by atoms with Crippen LogP contribution >= 0.6 is 0 Å². The molecule has 5 rings (SSSR count). The molecule has 0 spiro atoms. The number of rotatable bonds is 7. The predicted molar refractivity (Wildman–Crippen MR) is 154 cm³/mol. The van der Waals surface area contributed by atoms with Crippen molar-refractivity contribution in [1.29, 1.82) is 0 Å². The summed E-state index contributed by atoms with van der Waals surface area (Å²) < 4.78 is 8.48. The largest absolute Gasteiger partial charge is 0.439 e. The summed E-state index contributed by atoms with van der Waals surface area (Å²) >= 11 is 0. The van der Waals surface area contributed by atoms with Crippen LogP contribution < -0.4 is 14.2 Å². The van der Waals surface area contributed by atoms with Crippen molar-refractivity contribution in [3.8, 4) is 5.75 Å². The third-order valence-electron chi connectivity index (χ3n) is 7.27. The van der Waals surface area contributed by atoms with Gasteiger partial charge in [-0.15, -0.1) is 0 Å². The maximum Gasteiger partial charge on any atom is 0.212 e. The Hall–Kier alpha value is -3.89. The molecule has 0 aliphatic carbocycles. The zero-order valence-electron chi connectivity index (χ0n) is 22.5.